The largest absolute Gasteiger partial charge is 0.334 e. The van der Waals surface area contributed by atoms with Crippen molar-refractivity contribution in [1.29, 1.82) is 0 Å². The smallest absolute Gasteiger partial charge is 0.108 e. The fourth-order valence-corrected chi connectivity index (χ4v) is 1.91. The Morgan fingerprint density at radius 3 is 2.94 bits per heavy atom. The number of pyridine rings is 1. The lowest BCUT2D eigenvalue weighted by Crippen LogP contribution is -2.20. The molecule has 0 saturated carbocycles. The summed E-state index contributed by atoms with van der Waals surface area (Å²) in [6, 6.07) is 5.98. The lowest BCUT2D eigenvalue weighted by Gasteiger charge is -2.08. The zero-order chi connectivity index (χ0) is 12.6. The molecule has 18 heavy (non-hydrogen) atoms. The fraction of sp³-hybridized carbons (Fsp3) is 0.429. The first-order valence-electron chi connectivity index (χ1n) is 6.50. The van der Waals surface area contributed by atoms with Crippen molar-refractivity contribution < 1.29 is 0 Å². The Labute approximate surface area is 108 Å². The number of hydrogen-bond acceptors (Lipinski definition) is 3. The molecule has 0 spiro atoms. The van der Waals surface area contributed by atoms with Gasteiger partial charge in [-0.3, -0.25) is 4.98 Å². The zero-order valence-corrected chi connectivity index (χ0v) is 10.8. The quantitative estimate of drug-likeness (QED) is 0.758. The van der Waals surface area contributed by atoms with Crippen molar-refractivity contribution in [3.05, 3.63) is 48.3 Å². The van der Waals surface area contributed by atoms with Crippen LogP contribution in [0.25, 0.3) is 0 Å². The molecule has 0 aromatic carbocycles. The molecule has 4 nitrogen and oxygen atoms in total. The number of aromatic nitrogens is 3. The molecule has 96 valence electrons. The van der Waals surface area contributed by atoms with Gasteiger partial charge in [-0.05, 0) is 18.6 Å². The highest BCUT2D eigenvalue weighted by atomic mass is 15.1. The highest BCUT2D eigenvalue weighted by Gasteiger charge is 2.00. The van der Waals surface area contributed by atoms with Crippen LogP contribution >= 0.6 is 0 Å². The highest BCUT2D eigenvalue weighted by molar-refractivity contribution is 5.02. The molecule has 0 atom stereocenters. The van der Waals surface area contributed by atoms with Gasteiger partial charge in [-0.1, -0.05) is 13.0 Å². The summed E-state index contributed by atoms with van der Waals surface area (Å²) in [5.41, 5.74) is 1.08. The first kappa shape index (κ1) is 12.8. The van der Waals surface area contributed by atoms with Crippen molar-refractivity contribution in [3.63, 3.8) is 0 Å². The van der Waals surface area contributed by atoms with Crippen molar-refractivity contribution in [1.82, 2.24) is 19.9 Å². The Morgan fingerprint density at radius 2 is 2.17 bits per heavy atom. The molecule has 0 bridgehead atoms. The summed E-state index contributed by atoms with van der Waals surface area (Å²) in [6.45, 7) is 4.89. The van der Waals surface area contributed by atoms with Crippen LogP contribution in [0.4, 0.5) is 0 Å². The summed E-state index contributed by atoms with van der Waals surface area (Å²) >= 11 is 0. The molecule has 2 rings (SSSR count). The van der Waals surface area contributed by atoms with Crippen LogP contribution in [0.2, 0.25) is 0 Å². The van der Waals surface area contributed by atoms with E-state index < -0.39 is 0 Å². The second-order valence-electron chi connectivity index (χ2n) is 4.28. The highest BCUT2D eigenvalue weighted by Crippen LogP contribution is 2.00. The molecule has 0 aliphatic heterocycles. The molecule has 0 amide bonds. The molecule has 4 heteroatoms. The Balaban J connectivity index is 1.73. The number of hydrogen-bond donors (Lipinski definition) is 1. The summed E-state index contributed by atoms with van der Waals surface area (Å²) in [5, 5.41) is 3.40. The molecule has 0 radical (unpaired) electrons. The van der Waals surface area contributed by atoms with Gasteiger partial charge in [0, 0.05) is 44.6 Å². The van der Waals surface area contributed by atoms with E-state index in [0.29, 0.717) is 0 Å². The van der Waals surface area contributed by atoms with E-state index in [1.54, 1.807) is 0 Å². The first-order valence-corrected chi connectivity index (χ1v) is 6.50. The Morgan fingerprint density at radius 1 is 1.22 bits per heavy atom. The molecule has 0 unspecified atom stereocenters. The summed E-state index contributed by atoms with van der Waals surface area (Å²) in [5.74, 6) is 1.18. The summed E-state index contributed by atoms with van der Waals surface area (Å²) in [4.78, 5) is 8.64. The summed E-state index contributed by atoms with van der Waals surface area (Å²) in [6.07, 6.45) is 7.94. The van der Waals surface area contributed by atoms with E-state index in [0.717, 1.165) is 38.2 Å². The molecule has 0 aliphatic rings. The zero-order valence-electron chi connectivity index (χ0n) is 10.8. The fourth-order valence-electron chi connectivity index (χ4n) is 1.91. The van der Waals surface area contributed by atoms with Crippen molar-refractivity contribution in [2.75, 3.05) is 6.54 Å². The van der Waals surface area contributed by atoms with Crippen molar-refractivity contribution >= 4 is 0 Å². The van der Waals surface area contributed by atoms with Crippen molar-refractivity contribution in [3.8, 4) is 0 Å². The third kappa shape index (κ3) is 3.67. The first-order chi connectivity index (χ1) is 8.90. The average Bonchev–Trinajstić information content (AvgIpc) is 2.84. The van der Waals surface area contributed by atoms with Crippen LogP contribution in [0.15, 0.2) is 36.8 Å². The van der Waals surface area contributed by atoms with E-state index in [9.17, 15) is 0 Å². The van der Waals surface area contributed by atoms with E-state index in [1.165, 1.54) is 5.82 Å². The van der Waals surface area contributed by atoms with Gasteiger partial charge in [0.05, 0.1) is 5.69 Å². The van der Waals surface area contributed by atoms with Gasteiger partial charge in [0.1, 0.15) is 5.82 Å². The molecular weight excluding hydrogens is 224 g/mol. The molecule has 0 fully saturated rings. The van der Waals surface area contributed by atoms with Gasteiger partial charge >= 0.3 is 0 Å². The minimum absolute atomic E-state index is 0.818. The Kier molecular flexibility index (Phi) is 4.90. The predicted octanol–water partition coefficient (Wildman–Crippen LogP) is 2.02. The Hall–Kier alpha value is -1.68. The second kappa shape index (κ2) is 6.91. The number of nitrogens with zero attached hydrogens (tertiary/aromatic N) is 3. The van der Waals surface area contributed by atoms with E-state index in [-0.39, 0.29) is 0 Å². The second-order valence-corrected chi connectivity index (χ2v) is 4.28. The lowest BCUT2D eigenvalue weighted by atomic mass is 10.3. The topological polar surface area (TPSA) is 42.7 Å². The van der Waals surface area contributed by atoms with Crippen molar-refractivity contribution in [2.45, 2.75) is 32.9 Å². The maximum Gasteiger partial charge on any atom is 0.108 e. The molecule has 2 aromatic rings. The lowest BCUT2D eigenvalue weighted by molar-refractivity contribution is 0.572. The van der Waals surface area contributed by atoms with Crippen LogP contribution in [0.1, 0.15) is 24.9 Å². The van der Waals surface area contributed by atoms with Crippen LogP contribution in [0.3, 0.4) is 0 Å². The normalized spacial score (nSPS) is 10.7. The molecule has 0 saturated heterocycles. The number of imidazole rings is 1. The SMILES string of the molecule is CCCc1nccn1CCNCc1ccccn1. The predicted molar refractivity (Wildman–Crippen MR) is 72.2 cm³/mol. The number of aryl methyl sites for hydroxylation is 1. The number of nitrogens with one attached hydrogen (secondary N) is 1. The van der Waals surface area contributed by atoms with Gasteiger partial charge in [-0.25, -0.2) is 4.98 Å². The van der Waals surface area contributed by atoms with Crippen LogP contribution in [-0.4, -0.2) is 21.1 Å². The van der Waals surface area contributed by atoms with Gasteiger partial charge < -0.3 is 9.88 Å². The van der Waals surface area contributed by atoms with E-state index in [2.05, 4.69) is 26.8 Å². The minimum atomic E-state index is 0.818. The molecule has 0 aliphatic carbocycles. The molecule has 2 heterocycles. The van der Waals surface area contributed by atoms with E-state index in [4.69, 9.17) is 0 Å². The van der Waals surface area contributed by atoms with Gasteiger partial charge in [0.25, 0.3) is 0 Å². The molecular formula is C14H20N4. The van der Waals surface area contributed by atoms with Crippen molar-refractivity contribution in [2.24, 2.45) is 0 Å². The molecule has 2 aromatic heterocycles. The van der Waals surface area contributed by atoms with Crippen LogP contribution in [0.5, 0.6) is 0 Å². The third-order valence-electron chi connectivity index (χ3n) is 2.84. The van der Waals surface area contributed by atoms with Crippen LogP contribution in [-0.2, 0) is 19.5 Å². The number of rotatable bonds is 7. The average molecular weight is 244 g/mol. The summed E-state index contributed by atoms with van der Waals surface area (Å²) in [7, 11) is 0. The maximum atomic E-state index is 4.37. The third-order valence-corrected chi connectivity index (χ3v) is 2.84. The van der Waals surface area contributed by atoms with E-state index in [1.807, 2.05) is 36.8 Å². The van der Waals surface area contributed by atoms with Gasteiger partial charge in [-0.2, -0.15) is 0 Å². The van der Waals surface area contributed by atoms with E-state index >= 15 is 0 Å². The standard InChI is InChI=1S/C14H20N4/c1-2-5-14-17-9-11-18(14)10-8-15-12-13-6-3-4-7-16-13/h3-4,6-7,9,11,15H,2,5,8,10,12H2,1H3. The molecule has 1 N–H and O–H groups in total. The monoisotopic (exact) mass is 244 g/mol. The van der Waals surface area contributed by atoms with Crippen LogP contribution in [0, 0.1) is 0 Å². The van der Waals surface area contributed by atoms with Gasteiger partial charge in [-0.15, -0.1) is 0 Å². The van der Waals surface area contributed by atoms with Crippen LogP contribution < -0.4 is 5.32 Å². The Bertz CT molecular complexity index is 450. The van der Waals surface area contributed by atoms with Gasteiger partial charge in [0.2, 0.25) is 0 Å². The minimum Gasteiger partial charge on any atom is -0.334 e. The van der Waals surface area contributed by atoms with Gasteiger partial charge in [0.15, 0.2) is 0 Å². The maximum absolute atomic E-state index is 4.37. The summed E-state index contributed by atoms with van der Waals surface area (Å²) < 4.78 is 2.22.